The van der Waals surface area contributed by atoms with Crippen LogP contribution in [0.25, 0.3) is 0 Å². The Balaban J connectivity index is 1.74. The summed E-state index contributed by atoms with van der Waals surface area (Å²) in [5.74, 6) is 2.01. The van der Waals surface area contributed by atoms with E-state index in [0.717, 1.165) is 17.7 Å². The molecular formula is C18H23N2O3S+. The van der Waals surface area contributed by atoms with Gasteiger partial charge in [-0.05, 0) is 42.2 Å². The molecule has 2 aromatic rings. The summed E-state index contributed by atoms with van der Waals surface area (Å²) in [5.41, 5.74) is 2.12. The number of anilines is 1. The van der Waals surface area contributed by atoms with Crippen LogP contribution >= 0.6 is 0 Å². The van der Waals surface area contributed by atoms with E-state index in [0.29, 0.717) is 24.9 Å². The lowest BCUT2D eigenvalue weighted by molar-refractivity contribution is -0.679. The van der Waals surface area contributed by atoms with Gasteiger partial charge in [-0.15, -0.1) is 0 Å². The van der Waals surface area contributed by atoms with E-state index in [9.17, 15) is 8.42 Å². The van der Waals surface area contributed by atoms with Crippen LogP contribution in [-0.2, 0) is 23.2 Å². The lowest BCUT2D eigenvalue weighted by Crippen LogP contribution is -2.47. The predicted octanol–water partition coefficient (Wildman–Crippen LogP) is 2.82. The van der Waals surface area contributed by atoms with Gasteiger partial charge in [-0.25, -0.2) is 4.57 Å². The van der Waals surface area contributed by atoms with Crippen LogP contribution in [0.4, 0.5) is 5.82 Å². The first-order chi connectivity index (χ1) is 11.5. The Morgan fingerprint density at radius 2 is 2.00 bits per heavy atom. The van der Waals surface area contributed by atoms with Gasteiger partial charge in [0, 0.05) is 0 Å². The number of nitrogens with zero attached hydrogens (tertiary/aromatic N) is 1. The molecule has 1 aromatic heterocycles. The van der Waals surface area contributed by atoms with E-state index in [1.807, 2.05) is 35.0 Å². The van der Waals surface area contributed by atoms with E-state index >= 15 is 0 Å². The predicted molar refractivity (Wildman–Crippen MR) is 93.5 cm³/mol. The monoisotopic (exact) mass is 347 g/mol. The first-order valence-corrected chi connectivity index (χ1v) is 9.88. The Hall–Kier alpha value is -2.08. The van der Waals surface area contributed by atoms with Gasteiger partial charge in [0.2, 0.25) is 0 Å². The fourth-order valence-corrected chi connectivity index (χ4v) is 3.82. The van der Waals surface area contributed by atoms with Crippen molar-refractivity contribution in [1.29, 1.82) is 0 Å². The fourth-order valence-electron chi connectivity index (χ4n) is 2.73. The van der Waals surface area contributed by atoms with Crippen LogP contribution < -0.4 is 14.0 Å². The summed E-state index contributed by atoms with van der Waals surface area (Å²) in [5, 5.41) is 0. The third kappa shape index (κ3) is 3.70. The Morgan fingerprint density at radius 3 is 2.71 bits per heavy atom. The molecule has 24 heavy (non-hydrogen) atoms. The van der Waals surface area contributed by atoms with Gasteiger partial charge >= 0.3 is 10.0 Å². The number of ether oxygens (including phenoxy) is 1. The summed E-state index contributed by atoms with van der Waals surface area (Å²) >= 11 is 0. The van der Waals surface area contributed by atoms with Gasteiger partial charge in [-0.3, -0.25) is 0 Å². The third-order valence-electron chi connectivity index (χ3n) is 4.46. The van der Waals surface area contributed by atoms with Crippen molar-refractivity contribution in [2.45, 2.75) is 39.3 Å². The summed E-state index contributed by atoms with van der Waals surface area (Å²) in [6.45, 7) is 5.16. The molecule has 3 rings (SSSR count). The average Bonchev–Trinajstić information content (AvgIpc) is 2.59. The van der Waals surface area contributed by atoms with Crippen molar-refractivity contribution in [3.05, 3.63) is 53.7 Å². The first kappa shape index (κ1) is 16.8. The number of aryl methyl sites for hydroxylation is 1. The van der Waals surface area contributed by atoms with Gasteiger partial charge in [0.05, 0.1) is 11.8 Å². The average molecular weight is 347 g/mol. The fraction of sp³-hybridized carbons (Fsp3) is 0.389. The standard InChI is InChI=1S/C18H22N2O3S/c1-3-14(2)15-6-8-17(9-7-15)23-13-16-5-4-10-20-11-12-24(21,22)19-18(16)20/h4-10,14H,3,11-13H2,1-2H3/p+1. The molecule has 2 heterocycles. The molecule has 1 aromatic carbocycles. The second kappa shape index (κ2) is 6.81. The van der Waals surface area contributed by atoms with Gasteiger partial charge in [0.1, 0.15) is 24.7 Å². The summed E-state index contributed by atoms with van der Waals surface area (Å²) in [7, 11) is -3.25. The Morgan fingerprint density at radius 1 is 1.25 bits per heavy atom. The third-order valence-corrected chi connectivity index (χ3v) is 5.69. The number of hydrogen-bond donors (Lipinski definition) is 1. The molecule has 5 nitrogen and oxygen atoms in total. The summed E-state index contributed by atoms with van der Waals surface area (Å²) in [4.78, 5) is 0. The van der Waals surface area contributed by atoms with E-state index in [4.69, 9.17) is 4.74 Å². The van der Waals surface area contributed by atoms with Gasteiger partial charge < -0.3 is 4.74 Å². The molecule has 0 fully saturated rings. The van der Waals surface area contributed by atoms with E-state index in [-0.39, 0.29) is 5.75 Å². The Labute approximate surface area is 143 Å². The second-order valence-corrected chi connectivity index (χ2v) is 8.01. The van der Waals surface area contributed by atoms with Crippen molar-refractivity contribution in [2.24, 2.45) is 0 Å². The molecule has 0 amide bonds. The Bertz CT molecular complexity index is 817. The van der Waals surface area contributed by atoms with E-state index < -0.39 is 10.0 Å². The molecule has 1 N–H and O–H groups in total. The summed E-state index contributed by atoms with van der Waals surface area (Å²) in [6, 6.07) is 11.9. The number of hydrogen-bond acceptors (Lipinski definition) is 3. The smallest absolute Gasteiger partial charge is 0.302 e. The molecule has 1 unspecified atom stereocenters. The second-order valence-electron chi connectivity index (χ2n) is 6.16. The zero-order valence-electron chi connectivity index (χ0n) is 14.0. The number of benzene rings is 1. The van der Waals surface area contributed by atoms with Crippen molar-refractivity contribution < 1.29 is 17.7 Å². The highest BCUT2D eigenvalue weighted by Crippen LogP contribution is 2.23. The summed E-state index contributed by atoms with van der Waals surface area (Å²) < 4.78 is 34.0. The molecule has 128 valence electrons. The molecule has 0 aliphatic carbocycles. The van der Waals surface area contributed by atoms with Gasteiger partial charge in [-0.1, -0.05) is 26.0 Å². The maximum absolute atomic E-state index is 11.8. The van der Waals surface area contributed by atoms with Crippen molar-refractivity contribution in [1.82, 2.24) is 0 Å². The van der Waals surface area contributed by atoms with Crippen LogP contribution in [0, 0.1) is 0 Å². The number of pyridine rings is 1. The Kier molecular flexibility index (Phi) is 4.76. The molecule has 1 atom stereocenters. The minimum absolute atomic E-state index is 0.103. The van der Waals surface area contributed by atoms with Crippen LogP contribution in [0.5, 0.6) is 5.75 Å². The minimum atomic E-state index is -3.25. The molecule has 6 heteroatoms. The number of sulfonamides is 1. The van der Waals surface area contributed by atoms with Crippen LogP contribution in [0.3, 0.4) is 0 Å². The maximum atomic E-state index is 11.8. The van der Waals surface area contributed by atoms with Gasteiger partial charge in [0.15, 0.2) is 0 Å². The molecule has 0 radical (unpaired) electrons. The van der Waals surface area contributed by atoms with E-state index in [2.05, 4.69) is 30.7 Å². The lowest BCUT2D eigenvalue weighted by atomic mass is 9.99. The van der Waals surface area contributed by atoms with Crippen LogP contribution in [0.15, 0.2) is 42.6 Å². The number of aromatic nitrogens is 1. The van der Waals surface area contributed by atoms with Crippen molar-refractivity contribution in [3.8, 4) is 5.75 Å². The largest absolute Gasteiger partial charge is 0.489 e. The number of rotatable bonds is 5. The topological polar surface area (TPSA) is 59.3 Å². The SMILES string of the molecule is CCC(C)c1ccc(OCc2ccc[n+]3c2NS(=O)(=O)CC3)cc1. The summed E-state index contributed by atoms with van der Waals surface area (Å²) in [6.07, 6.45) is 2.98. The molecule has 1 aliphatic rings. The van der Waals surface area contributed by atoms with Crippen LogP contribution in [0.2, 0.25) is 0 Å². The first-order valence-electron chi connectivity index (χ1n) is 8.23. The molecule has 0 bridgehead atoms. The van der Waals surface area contributed by atoms with E-state index in [1.54, 1.807) is 0 Å². The van der Waals surface area contributed by atoms with Crippen LogP contribution in [-0.4, -0.2) is 14.2 Å². The lowest BCUT2D eigenvalue weighted by Gasteiger charge is -2.16. The van der Waals surface area contributed by atoms with Crippen molar-refractivity contribution in [3.63, 3.8) is 0 Å². The highest BCUT2D eigenvalue weighted by molar-refractivity contribution is 7.92. The van der Waals surface area contributed by atoms with Gasteiger partial charge in [0.25, 0.3) is 5.82 Å². The number of nitrogens with one attached hydrogen (secondary N) is 1. The van der Waals surface area contributed by atoms with Crippen molar-refractivity contribution >= 4 is 15.8 Å². The number of fused-ring (bicyclic) bond motifs is 1. The zero-order valence-corrected chi connectivity index (χ0v) is 14.8. The molecule has 0 spiro atoms. The minimum Gasteiger partial charge on any atom is -0.489 e. The highest BCUT2D eigenvalue weighted by Gasteiger charge is 2.29. The quantitative estimate of drug-likeness (QED) is 0.846. The maximum Gasteiger partial charge on any atom is 0.302 e. The van der Waals surface area contributed by atoms with Crippen molar-refractivity contribution in [2.75, 3.05) is 10.5 Å². The normalized spacial score (nSPS) is 16.8. The molecule has 0 saturated heterocycles. The zero-order chi connectivity index (χ0) is 17.2. The molecular weight excluding hydrogens is 324 g/mol. The molecule has 0 saturated carbocycles. The highest BCUT2D eigenvalue weighted by atomic mass is 32.2. The van der Waals surface area contributed by atoms with Gasteiger partial charge in [-0.2, -0.15) is 13.1 Å². The van der Waals surface area contributed by atoms with E-state index in [1.165, 1.54) is 5.56 Å². The van der Waals surface area contributed by atoms with Crippen LogP contribution in [0.1, 0.15) is 37.3 Å². The molecule has 1 aliphatic heterocycles.